The van der Waals surface area contributed by atoms with Crippen LogP contribution in [0.25, 0.3) is 0 Å². The maximum atomic E-state index is 5.46. The van der Waals surface area contributed by atoms with Crippen LogP contribution in [0.5, 0.6) is 0 Å². The molecule has 0 aliphatic heterocycles. The van der Waals surface area contributed by atoms with E-state index in [4.69, 9.17) is 17.0 Å². The van der Waals surface area contributed by atoms with Crippen molar-refractivity contribution in [1.29, 1.82) is 0 Å². The lowest BCUT2D eigenvalue weighted by molar-refractivity contribution is 0.145. The van der Waals surface area contributed by atoms with E-state index >= 15 is 0 Å². The predicted molar refractivity (Wildman–Crippen MR) is 76.3 cm³/mol. The van der Waals surface area contributed by atoms with E-state index in [0.717, 1.165) is 37.8 Å². The molecule has 0 unspecified atom stereocenters. The molecule has 0 saturated heterocycles. The molecule has 0 aromatic carbocycles. The van der Waals surface area contributed by atoms with Crippen LogP contribution >= 0.6 is 12.2 Å². The molecule has 1 saturated carbocycles. The van der Waals surface area contributed by atoms with Crippen molar-refractivity contribution in [2.24, 2.45) is 5.92 Å². The lowest BCUT2D eigenvalue weighted by Crippen LogP contribution is -2.43. The van der Waals surface area contributed by atoms with Crippen molar-refractivity contribution in [2.75, 3.05) is 26.3 Å². The molecule has 0 spiro atoms. The average molecular weight is 258 g/mol. The second-order valence-electron chi connectivity index (χ2n) is 5.06. The van der Waals surface area contributed by atoms with Gasteiger partial charge in [-0.1, -0.05) is 13.8 Å². The molecule has 1 aliphatic rings. The number of nitrogens with one attached hydrogen (secondary N) is 1. The van der Waals surface area contributed by atoms with Crippen molar-refractivity contribution in [3.05, 3.63) is 0 Å². The summed E-state index contributed by atoms with van der Waals surface area (Å²) in [5.74, 6) is 0.666. The molecule has 1 N–H and O–H groups in total. The summed E-state index contributed by atoms with van der Waals surface area (Å²) >= 11 is 5.46. The Labute approximate surface area is 111 Å². The van der Waals surface area contributed by atoms with Crippen molar-refractivity contribution in [1.82, 2.24) is 10.2 Å². The van der Waals surface area contributed by atoms with Gasteiger partial charge < -0.3 is 15.0 Å². The highest BCUT2D eigenvalue weighted by Gasteiger charge is 2.30. The first-order valence-electron chi connectivity index (χ1n) is 6.77. The summed E-state index contributed by atoms with van der Waals surface area (Å²) in [6.45, 7) is 10.1. The van der Waals surface area contributed by atoms with Crippen molar-refractivity contribution in [3.8, 4) is 0 Å². The minimum atomic E-state index is 0.666. The Balaban J connectivity index is 2.18. The minimum absolute atomic E-state index is 0.666. The van der Waals surface area contributed by atoms with Crippen LogP contribution in [0.2, 0.25) is 0 Å². The van der Waals surface area contributed by atoms with Gasteiger partial charge in [-0.15, -0.1) is 0 Å². The zero-order valence-corrected chi connectivity index (χ0v) is 12.2. The Kier molecular flexibility index (Phi) is 6.82. The van der Waals surface area contributed by atoms with Gasteiger partial charge in [-0.05, 0) is 44.3 Å². The third kappa shape index (κ3) is 6.22. The molecule has 100 valence electrons. The molecular weight excluding hydrogens is 232 g/mol. The summed E-state index contributed by atoms with van der Waals surface area (Å²) < 4.78 is 5.30. The molecule has 1 rings (SSSR count). The van der Waals surface area contributed by atoms with Gasteiger partial charge in [-0.3, -0.25) is 0 Å². The van der Waals surface area contributed by atoms with Gasteiger partial charge in [0.2, 0.25) is 0 Å². The molecule has 0 atom stereocenters. The molecule has 0 amide bonds. The fourth-order valence-electron chi connectivity index (χ4n) is 1.79. The molecule has 1 fully saturated rings. The van der Waals surface area contributed by atoms with E-state index in [9.17, 15) is 0 Å². The highest BCUT2D eigenvalue weighted by molar-refractivity contribution is 7.80. The Morgan fingerprint density at radius 3 is 2.71 bits per heavy atom. The lowest BCUT2D eigenvalue weighted by Gasteiger charge is -2.27. The molecule has 0 aromatic heterocycles. The molecule has 3 nitrogen and oxygen atoms in total. The number of thiocarbonyl (C=S) groups is 1. The van der Waals surface area contributed by atoms with Crippen LogP contribution in [-0.2, 0) is 4.74 Å². The fourth-order valence-corrected chi connectivity index (χ4v) is 2.12. The number of rotatable bonds is 8. The summed E-state index contributed by atoms with van der Waals surface area (Å²) in [6.07, 6.45) is 3.62. The first kappa shape index (κ1) is 14.7. The van der Waals surface area contributed by atoms with Gasteiger partial charge in [0.15, 0.2) is 5.11 Å². The van der Waals surface area contributed by atoms with Gasteiger partial charge in [0.1, 0.15) is 0 Å². The van der Waals surface area contributed by atoms with Crippen molar-refractivity contribution in [2.45, 2.75) is 46.1 Å². The number of nitrogens with zero attached hydrogens (tertiary/aromatic N) is 1. The molecule has 0 heterocycles. The lowest BCUT2D eigenvalue weighted by atomic mass is 10.2. The largest absolute Gasteiger partial charge is 0.382 e. The van der Waals surface area contributed by atoms with E-state index in [2.05, 4.69) is 24.1 Å². The smallest absolute Gasteiger partial charge is 0.169 e. The number of hydrogen-bond acceptors (Lipinski definition) is 2. The average Bonchev–Trinajstić information content (AvgIpc) is 3.09. The minimum Gasteiger partial charge on any atom is -0.382 e. The van der Waals surface area contributed by atoms with E-state index < -0.39 is 0 Å². The highest BCUT2D eigenvalue weighted by atomic mass is 32.1. The quantitative estimate of drug-likeness (QED) is 0.534. The van der Waals surface area contributed by atoms with Crippen molar-refractivity contribution in [3.63, 3.8) is 0 Å². The topological polar surface area (TPSA) is 24.5 Å². The van der Waals surface area contributed by atoms with Crippen LogP contribution in [-0.4, -0.2) is 42.4 Å². The van der Waals surface area contributed by atoms with E-state index in [1.807, 2.05) is 6.92 Å². The Hall–Kier alpha value is -0.350. The zero-order valence-electron chi connectivity index (χ0n) is 11.4. The van der Waals surface area contributed by atoms with Gasteiger partial charge in [0, 0.05) is 32.3 Å². The monoisotopic (exact) mass is 258 g/mol. The Morgan fingerprint density at radius 2 is 2.18 bits per heavy atom. The second-order valence-corrected chi connectivity index (χ2v) is 5.45. The van der Waals surface area contributed by atoms with Crippen molar-refractivity contribution >= 4 is 17.3 Å². The third-order valence-electron chi connectivity index (χ3n) is 2.76. The summed E-state index contributed by atoms with van der Waals surface area (Å²) in [6, 6.07) is 0.698. The third-order valence-corrected chi connectivity index (χ3v) is 3.14. The Morgan fingerprint density at radius 1 is 1.47 bits per heavy atom. The van der Waals surface area contributed by atoms with Crippen LogP contribution in [0.4, 0.5) is 0 Å². The van der Waals surface area contributed by atoms with Gasteiger partial charge in [-0.2, -0.15) is 0 Å². The van der Waals surface area contributed by atoms with E-state index in [1.54, 1.807) is 0 Å². The number of hydrogen-bond donors (Lipinski definition) is 1. The standard InChI is InChI=1S/C13H26N2OS/c1-4-16-9-5-8-14-13(17)15(10-11(2)3)12-6-7-12/h11-12H,4-10H2,1-3H3,(H,14,17). The van der Waals surface area contributed by atoms with Crippen LogP contribution in [0.15, 0.2) is 0 Å². The molecule has 17 heavy (non-hydrogen) atoms. The van der Waals surface area contributed by atoms with Crippen LogP contribution in [0.3, 0.4) is 0 Å². The first-order valence-corrected chi connectivity index (χ1v) is 7.18. The van der Waals surface area contributed by atoms with Crippen LogP contribution in [0, 0.1) is 5.92 Å². The summed E-state index contributed by atoms with van der Waals surface area (Å²) in [5.41, 5.74) is 0. The van der Waals surface area contributed by atoms with E-state index in [-0.39, 0.29) is 0 Å². The second kappa shape index (κ2) is 7.88. The summed E-state index contributed by atoms with van der Waals surface area (Å²) in [4.78, 5) is 2.36. The van der Waals surface area contributed by atoms with Gasteiger partial charge in [0.05, 0.1) is 0 Å². The molecule has 0 radical (unpaired) electrons. The molecule has 1 aliphatic carbocycles. The van der Waals surface area contributed by atoms with Gasteiger partial charge >= 0.3 is 0 Å². The van der Waals surface area contributed by atoms with Gasteiger partial charge in [-0.25, -0.2) is 0 Å². The first-order chi connectivity index (χ1) is 8.15. The SMILES string of the molecule is CCOCCCNC(=S)N(CC(C)C)C1CC1. The maximum absolute atomic E-state index is 5.46. The van der Waals surface area contributed by atoms with Crippen LogP contribution < -0.4 is 5.32 Å². The number of ether oxygens (including phenoxy) is 1. The molecule has 0 aromatic rings. The molecular formula is C13H26N2OS. The molecule has 0 bridgehead atoms. The zero-order chi connectivity index (χ0) is 12.7. The normalized spacial score (nSPS) is 15.1. The summed E-state index contributed by atoms with van der Waals surface area (Å²) in [5, 5.41) is 4.27. The predicted octanol–water partition coefficient (Wildman–Crippen LogP) is 2.41. The fraction of sp³-hybridized carbons (Fsp3) is 0.923. The Bertz CT molecular complexity index is 229. The summed E-state index contributed by atoms with van der Waals surface area (Å²) in [7, 11) is 0. The van der Waals surface area contributed by atoms with Gasteiger partial charge in [0.25, 0.3) is 0 Å². The van der Waals surface area contributed by atoms with Crippen molar-refractivity contribution < 1.29 is 4.74 Å². The van der Waals surface area contributed by atoms with E-state index in [0.29, 0.717) is 12.0 Å². The van der Waals surface area contributed by atoms with E-state index in [1.165, 1.54) is 12.8 Å². The van der Waals surface area contributed by atoms with Crippen LogP contribution in [0.1, 0.15) is 40.0 Å². The molecule has 4 heteroatoms. The highest BCUT2D eigenvalue weighted by Crippen LogP contribution is 2.27. The maximum Gasteiger partial charge on any atom is 0.169 e.